The lowest BCUT2D eigenvalue weighted by molar-refractivity contribution is 0.204. The minimum Gasteiger partial charge on any atom is -0.467 e. The molecule has 112 valence electrons. The lowest BCUT2D eigenvalue weighted by Gasteiger charge is -2.21. The third-order valence-corrected chi connectivity index (χ3v) is 3.30. The molecule has 0 bridgehead atoms. The number of β-amino-alcohol motifs (C(OH)–C–C–N with tert-alkyl or cyclic N) is 1. The predicted octanol–water partition coefficient (Wildman–Crippen LogP) is -0.574. The molecule has 8 nitrogen and oxygen atoms in total. The number of ether oxygens (including phenoxy) is 1. The average Bonchev–Trinajstić information content (AvgIpc) is 2.73. The predicted molar refractivity (Wildman–Crippen MR) is 76.3 cm³/mol. The summed E-state index contributed by atoms with van der Waals surface area (Å²) in [5.74, 6) is 1.13. The molecule has 1 aromatic rings. The van der Waals surface area contributed by atoms with Crippen LogP contribution in [0.3, 0.4) is 0 Å². The van der Waals surface area contributed by atoms with E-state index in [1.807, 2.05) is 0 Å². The SMILES string of the molecule is CNc1nc(OC)nc(N2CCCN(CCO)CC2)n1. The lowest BCUT2D eigenvalue weighted by Crippen LogP contribution is -2.33. The van der Waals surface area contributed by atoms with E-state index >= 15 is 0 Å². The average molecular weight is 282 g/mol. The van der Waals surface area contributed by atoms with E-state index in [0.717, 1.165) is 39.1 Å². The third-order valence-electron chi connectivity index (χ3n) is 3.30. The Labute approximate surface area is 118 Å². The van der Waals surface area contributed by atoms with Gasteiger partial charge in [0, 0.05) is 33.2 Å². The quantitative estimate of drug-likeness (QED) is 0.742. The highest BCUT2D eigenvalue weighted by atomic mass is 16.5. The highest BCUT2D eigenvalue weighted by Gasteiger charge is 2.18. The van der Waals surface area contributed by atoms with Gasteiger partial charge in [0.15, 0.2) is 0 Å². The summed E-state index contributed by atoms with van der Waals surface area (Å²) in [7, 11) is 3.31. The smallest absolute Gasteiger partial charge is 0.322 e. The van der Waals surface area contributed by atoms with Gasteiger partial charge in [0.2, 0.25) is 11.9 Å². The monoisotopic (exact) mass is 282 g/mol. The Morgan fingerprint density at radius 2 is 2.05 bits per heavy atom. The number of nitrogens with one attached hydrogen (secondary N) is 1. The number of methoxy groups -OCH3 is 1. The molecule has 2 N–H and O–H groups in total. The maximum atomic E-state index is 9.02. The van der Waals surface area contributed by atoms with Crippen LogP contribution in [0, 0.1) is 0 Å². The normalized spacial score (nSPS) is 16.9. The summed E-state index contributed by atoms with van der Waals surface area (Å²) in [5.41, 5.74) is 0. The van der Waals surface area contributed by atoms with Gasteiger partial charge < -0.3 is 20.1 Å². The number of aliphatic hydroxyl groups excluding tert-OH is 1. The number of rotatable bonds is 5. The van der Waals surface area contributed by atoms with Crippen LogP contribution in [0.25, 0.3) is 0 Å². The summed E-state index contributed by atoms with van der Waals surface area (Å²) < 4.78 is 5.11. The first-order chi connectivity index (χ1) is 9.76. The van der Waals surface area contributed by atoms with Gasteiger partial charge in [-0.15, -0.1) is 0 Å². The fourth-order valence-corrected chi connectivity index (χ4v) is 2.23. The number of hydrogen-bond acceptors (Lipinski definition) is 8. The molecule has 0 saturated carbocycles. The van der Waals surface area contributed by atoms with Crippen molar-refractivity contribution in [2.75, 3.05) is 63.7 Å². The number of nitrogens with zero attached hydrogens (tertiary/aromatic N) is 5. The van der Waals surface area contributed by atoms with Crippen molar-refractivity contribution in [2.45, 2.75) is 6.42 Å². The van der Waals surface area contributed by atoms with Crippen LogP contribution in [0.1, 0.15) is 6.42 Å². The minimum atomic E-state index is 0.198. The molecule has 0 radical (unpaired) electrons. The Morgan fingerprint density at radius 3 is 2.75 bits per heavy atom. The number of hydrogen-bond donors (Lipinski definition) is 2. The van der Waals surface area contributed by atoms with Gasteiger partial charge >= 0.3 is 6.01 Å². The van der Waals surface area contributed by atoms with Crippen molar-refractivity contribution in [3.8, 4) is 6.01 Å². The maximum Gasteiger partial charge on any atom is 0.322 e. The van der Waals surface area contributed by atoms with Crippen LogP contribution in [0.2, 0.25) is 0 Å². The molecular formula is C12H22N6O2. The van der Waals surface area contributed by atoms with Crippen molar-refractivity contribution in [3.05, 3.63) is 0 Å². The van der Waals surface area contributed by atoms with E-state index in [0.29, 0.717) is 17.9 Å². The second-order valence-corrected chi connectivity index (χ2v) is 4.60. The topological polar surface area (TPSA) is 86.6 Å². The van der Waals surface area contributed by atoms with Crippen LogP contribution >= 0.6 is 0 Å². The molecule has 1 aliphatic heterocycles. The number of anilines is 2. The van der Waals surface area contributed by atoms with Crippen LogP contribution in [0.15, 0.2) is 0 Å². The zero-order valence-electron chi connectivity index (χ0n) is 12.0. The van der Waals surface area contributed by atoms with E-state index in [1.54, 1.807) is 14.2 Å². The number of aromatic nitrogens is 3. The first kappa shape index (κ1) is 14.7. The van der Waals surface area contributed by atoms with Gasteiger partial charge in [0.25, 0.3) is 0 Å². The first-order valence-corrected chi connectivity index (χ1v) is 6.82. The van der Waals surface area contributed by atoms with Crippen molar-refractivity contribution in [1.82, 2.24) is 19.9 Å². The molecule has 1 saturated heterocycles. The second-order valence-electron chi connectivity index (χ2n) is 4.60. The zero-order valence-corrected chi connectivity index (χ0v) is 12.0. The molecule has 0 spiro atoms. The van der Waals surface area contributed by atoms with Gasteiger partial charge in [-0.1, -0.05) is 0 Å². The van der Waals surface area contributed by atoms with Crippen molar-refractivity contribution >= 4 is 11.9 Å². The zero-order chi connectivity index (χ0) is 14.4. The molecule has 1 aliphatic rings. The second kappa shape index (κ2) is 7.20. The Morgan fingerprint density at radius 1 is 1.20 bits per heavy atom. The molecule has 0 aromatic carbocycles. The lowest BCUT2D eigenvalue weighted by atomic mass is 10.4. The fraction of sp³-hybridized carbons (Fsp3) is 0.750. The highest BCUT2D eigenvalue weighted by Crippen LogP contribution is 2.16. The largest absolute Gasteiger partial charge is 0.467 e. The third kappa shape index (κ3) is 3.67. The number of aliphatic hydroxyl groups is 1. The van der Waals surface area contributed by atoms with Crippen molar-refractivity contribution < 1.29 is 9.84 Å². The molecule has 2 heterocycles. The van der Waals surface area contributed by atoms with Gasteiger partial charge in [-0.2, -0.15) is 15.0 Å². The van der Waals surface area contributed by atoms with Gasteiger partial charge in [-0.05, 0) is 13.0 Å². The summed E-state index contributed by atoms with van der Waals surface area (Å²) in [6.07, 6.45) is 1.02. The first-order valence-electron chi connectivity index (χ1n) is 6.82. The molecule has 0 aliphatic carbocycles. The highest BCUT2D eigenvalue weighted by molar-refractivity contribution is 5.38. The maximum absolute atomic E-state index is 9.02. The summed E-state index contributed by atoms with van der Waals surface area (Å²) in [4.78, 5) is 17.2. The fourth-order valence-electron chi connectivity index (χ4n) is 2.23. The van der Waals surface area contributed by atoms with Crippen LogP contribution in [-0.4, -0.2) is 78.4 Å². The van der Waals surface area contributed by atoms with Crippen molar-refractivity contribution in [3.63, 3.8) is 0 Å². The van der Waals surface area contributed by atoms with E-state index in [9.17, 15) is 0 Å². The van der Waals surface area contributed by atoms with Crippen LogP contribution < -0.4 is 15.0 Å². The summed E-state index contributed by atoms with van der Waals surface area (Å²) in [6, 6.07) is 0.316. The Balaban J connectivity index is 2.10. The summed E-state index contributed by atoms with van der Waals surface area (Å²) >= 11 is 0. The molecule has 1 aromatic heterocycles. The van der Waals surface area contributed by atoms with Gasteiger partial charge in [0.05, 0.1) is 13.7 Å². The van der Waals surface area contributed by atoms with Crippen molar-refractivity contribution in [1.29, 1.82) is 0 Å². The van der Waals surface area contributed by atoms with Gasteiger partial charge in [-0.3, -0.25) is 4.90 Å². The van der Waals surface area contributed by atoms with E-state index in [-0.39, 0.29) is 6.61 Å². The van der Waals surface area contributed by atoms with E-state index in [1.165, 1.54) is 0 Å². The molecule has 8 heteroatoms. The molecule has 20 heavy (non-hydrogen) atoms. The Kier molecular flexibility index (Phi) is 5.31. The molecule has 1 fully saturated rings. The van der Waals surface area contributed by atoms with E-state index in [4.69, 9.17) is 9.84 Å². The molecule has 0 amide bonds. The summed E-state index contributed by atoms with van der Waals surface area (Å²) in [6.45, 7) is 4.51. The summed E-state index contributed by atoms with van der Waals surface area (Å²) in [5, 5.41) is 11.9. The van der Waals surface area contributed by atoms with Crippen LogP contribution in [0.5, 0.6) is 6.01 Å². The van der Waals surface area contributed by atoms with E-state index in [2.05, 4.69) is 30.1 Å². The molecule has 2 rings (SSSR count). The standard InChI is InChI=1S/C12H22N6O2/c1-13-10-14-11(16-12(15-10)20-2)18-5-3-4-17(6-7-18)8-9-19/h19H,3-9H2,1-2H3,(H,13,14,15,16). The Hall–Kier alpha value is -1.67. The van der Waals surface area contributed by atoms with Crippen molar-refractivity contribution in [2.24, 2.45) is 0 Å². The van der Waals surface area contributed by atoms with E-state index < -0.39 is 0 Å². The molecule has 0 unspecified atom stereocenters. The molecule has 0 atom stereocenters. The Bertz CT molecular complexity index is 408. The van der Waals surface area contributed by atoms with Gasteiger partial charge in [0.1, 0.15) is 0 Å². The molecular weight excluding hydrogens is 260 g/mol. The minimum absolute atomic E-state index is 0.198. The van der Waals surface area contributed by atoms with Crippen LogP contribution in [-0.2, 0) is 0 Å². The van der Waals surface area contributed by atoms with Gasteiger partial charge in [-0.25, -0.2) is 0 Å². The van der Waals surface area contributed by atoms with Crippen LogP contribution in [0.4, 0.5) is 11.9 Å².